The molecule has 2 nitrogen and oxygen atoms in total. The minimum absolute atomic E-state index is 0.543. The predicted octanol–water partition coefficient (Wildman–Crippen LogP) is 7.47. The van der Waals surface area contributed by atoms with Gasteiger partial charge in [0, 0.05) is 16.8 Å². The van der Waals surface area contributed by atoms with E-state index in [4.69, 9.17) is 0 Å². The van der Waals surface area contributed by atoms with Crippen LogP contribution in [0.3, 0.4) is 0 Å². The molecule has 1 saturated heterocycles. The van der Waals surface area contributed by atoms with Crippen LogP contribution in [-0.4, -0.2) is 27.0 Å². The van der Waals surface area contributed by atoms with Gasteiger partial charge in [0.1, 0.15) is 12.2 Å². The molecule has 1 heterocycles. The van der Waals surface area contributed by atoms with Gasteiger partial charge in [-0.2, -0.15) is 0 Å². The highest BCUT2D eigenvalue weighted by Gasteiger charge is 2.33. The van der Waals surface area contributed by atoms with Crippen LogP contribution in [0.5, 0.6) is 0 Å². The van der Waals surface area contributed by atoms with Crippen LogP contribution in [0, 0.1) is 0 Å². The van der Waals surface area contributed by atoms with Crippen molar-refractivity contribution in [3.63, 3.8) is 0 Å². The number of quaternary nitrogens is 1. The Morgan fingerprint density at radius 1 is 0.676 bits per heavy atom. The lowest BCUT2D eigenvalue weighted by Gasteiger charge is -2.28. The SMILES string of the molecule is CC(C)c1cccc(C(C)C)c1N1CC[NH+](c2c(C(C)C)cccc2C(C)C)C1.F[B-](F)(F)F. The molecule has 2 aromatic carbocycles. The standard InChI is InChI=1S/C27H40N2.BF4/c1-18(2)22-11-9-12-23(19(3)4)26(22)28-15-16-29(17-28)27-24(20(5)6)13-10-14-25(27)21(7)8;2-1(3,4)5/h9-14,18-21H,15-17H2,1-8H3;/q;-1/p+1. The fourth-order valence-electron chi connectivity index (χ4n) is 4.89. The predicted molar refractivity (Wildman–Crippen MR) is 137 cm³/mol. The van der Waals surface area contributed by atoms with Gasteiger partial charge in [0.05, 0.1) is 6.54 Å². The summed E-state index contributed by atoms with van der Waals surface area (Å²) in [4.78, 5) is 4.30. The molecule has 34 heavy (non-hydrogen) atoms. The molecule has 1 aliphatic heterocycles. The van der Waals surface area contributed by atoms with E-state index in [0.29, 0.717) is 23.7 Å². The lowest BCUT2D eigenvalue weighted by molar-refractivity contribution is -0.817. The van der Waals surface area contributed by atoms with E-state index in [9.17, 15) is 17.3 Å². The molecule has 1 atom stereocenters. The molecule has 0 aliphatic carbocycles. The normalized spacial score (nSPS) is 16.6. The Kier molecular flexibility index (Phi) is 9.64. The summed E-state index contributed by atoms with van der Waals surface area (Å²) in [6.45, 7) is 22.0. The minimum atomic E-state index is -6.00. The van der Waals surface area contributed by atoms with Crippen LogP contribution in [0.2, 0.25) is 0 Å². The van der Waals surface area contributed by atoms with Gasteiger partial charge in [0.15, 0.2) is 6.67 Å². The third-order valence-electron chi connectivity index (χ3n) is 6.45. The molecule has 0 amide bonds. The molecule has 1 aliphatic rings. The smallest absolute Gasteiger partial charge is 0.418 e. The summed E-state index contributed by atoms with van der Waals surface area (Å²) < 4.78 is 39.0. The summed E-state index contributed by atoms with van der Waals surface area (Å²) >= 11 is 0. The lowest BCUT2D eigenvalue weighted by Crippen LogP contribution is -3.06. The van der Waals surface area contributed by atoms with Crippen LogP contribution in [0.1, 0.15) is 101 Å². The molecule has 0 radical (unpaired) electrons. The number of benzene rings is 2. The first-order valence-corrected chi connectivity index (χ1v) is 12.4. The van der Waals surface area contributed by atoms with Gasteiger partial charge in [0.25, 0.3) is 0 Å². The Hall–Kier alpha value is -2.02. The molecule has 0 spiro atoms. The van der Waals surface area contributed by atoms with Crippen LogP contribution in [0.15, 0.2) is 36.4 Å². The van der Waals surface area contributed by atoms with Gasteiger partial charge in [-0.25, -0.2) is 0 Å². The monoisotopic (exact) mass is 480 g/mol. The summed E-state index contributed by atoms with van der Waals surface area (Å²) in [5, 5.41) is 0. The molecule has 1 unspecified atom stereocenters. The summed E-state index contributed by atoms with van der Waals surface area (Å²) in [6.07, 6.45) is 0. The Labute approximate surface area is 203 Å². The highest BCUT2D eigenvalue weighted by molar-refractivity contribution is 6.50. The Morgan fingerprint density at radius 3 is 1.38 bits per heavy atom. The molecule has 190 valence electrons. The van der Waals surface area contributed by atoms with Crippen molar-refractivity contribution in [1.29, 1.82) is 0 Å². The zero-order valence-electron chi connectivity index (χ0n) is 21.9. The number of rotatable bonds is 6. The molecule has 0 aromatic heterocycles. The van der Waals surface area contributed by atoms with Gasteiger partial charge in [-0.05, 0) is 34.8 Å². The molecular formula is C27H41BF4N2. The Bertz CT molecular complexity index is 811. The van der Waals surface area contributed by atoms with E-state index < -0.39 is 7.25 Å². The first-order chi connectivity index (χ1) is 15.7. The first-order valence-electron chi connectivity index (χ1n) is 12.4. The third kappa shape index (κ3) is 7.24. The van der Waals surface area contributed by atoms with Gasteiger partial charge >= 0.3 is 7.25 Å². The molecule has 1 fully saturated rings. The Morgan fingerprint density at radius 2 is 1.03 bits per heavy atom. The van der Waals surface area contributed by atoms with Crippen LogP contribution < -0.4 is 9.80 Å². The van der Waals surface area contributed by atoms with Crippen LogP contribution in [0.4, 0.5) is 28.6 Å². The maximum absolute atomic E-state index is 9.75. The highest BCUT2D eigenvalue weighted by Crippen LogP contribution is 2.36. The van der Waals surface area contributed by atoms with Crippen molar-refractivity contribution in [2.24, 2.45) is 0 Å². The van der Waals surface area contributed by atoms with Crippen LogP contribution >= 0.6 is 0 Å². The van der Waals surface area contributed by atoms with Gasteiger partial charge in [-0.15, -0.1) is 0 Å². The van der Waals surface area contributed by atoms with E-state index in [0.717, 1.165) is 13.2 Å². The van der Waals surface area contributed by atoms with Gasteiger partial charge in [-0.3, -0.25) is 4.90 Å². The minimum Gasteiger partial charge on any atom is -0.418 e. The highest BCUT2D eigenvalue weighted by atomic mass is 19.5. The average Bonchev–Trinajstić information content (AvgIpc) is 3.20. The van der Waals surface area contributed by atoms with Gasteiger partial charge in [0.2, 0.25) is 0 Å². The van der Waals surface area contributed by atoms with E-state index in [1.165, 1.54) is 34.5 Å². The second-order valence-electron chi connectivity index (χ2n) is 10.5. The number of hydrogen-bond acceptors (Lipinski definition) is 1. The number of anilines is 1. The quantitative estimate of drug-likeness (QED) is 0.333. The maximum Gasteiger partial charge on any atom is 0.673 e. The van der Waals surface area contributed by atoms with Crippen molar-refractivity contribution in [1.82, 2.24) is 0 Å². The van der Waals surface area contributed by atoms with Crippen molar-refractivity contribution < 1.29 is 22.2 Å². The number of halogens is 4. The second kappa shape index (κ2) is 11.6. The summed E-state index contributed by atoms with van der Waals surface area (Å²) in [5.41, 5.74) is 9.11. The summed E-state index contributed by atoms with van der Waals surface area (Å²) in [6, 6.07) is 13.9. The summed E-state index contributed by atoms with van der Waals surface area (Å²) in [5.74, 6) is 2.20. The van der Waals surface area contributed by atoms with Crippen molar-refractivity contribution >= 4 is 18.6 Å². The van der Waals surface area contributed by atoms with Gasteiger partial charge < -0.3 is 22.2 Å². The number of nitrogens with one attached hydrogen (secondary N) is 1. The fraction of sp³-hybridized carbons (Fsp3) is 0.556. The van der Waals surface area contributed by atoms with E-state index in [1.54, 1.807) is 10.6 Å². The van der Waals surface area contributed by atoms with Crippen LogP contribution in [0.25, 0.3) is 0 Å². The van der Waals surface area contributed by atoms with Crippen molar-refractivity contribution in [3.8, 4) is 0 Å². The number of nitrogens with zero attached hydrogens (tertiary/aromatic N) is 1. The number of hydrogen-bond donors (Lipinski definition) is 1. The lowest BCUT2D eigenvalue weighted by atomic mass is 9.92. The molecule has 3 rings (SSSR count). The average molecular weight is 480 g/mol. The molecule has 1 N–H and O–H groups in total. The topological polar surface area (TPSA) is 7.68 Å². The van der Waals surface area contributed by atoms with Gasteiger partial charge in [-0.1, -0.05) is 91.8 Å². The second-order valence-corrected chi connectivity index (χ2v) is 10.5. The number of para-hydroxylation sites is 2. The molecular weight excluding hydrogens is 439 g/mol. The van der Waals surface area contributed by atoms with E-state index in [1.807, 2.05) is 0 Å². The van der Waals surface area contributed by atoms with Crippen molar-refractivity contribution in [3.05, 3.63) is 58.7 Å². The Balaban J connectivity index is 0.000000739. The fourth-order valence-corrected chi connectivity index (χ4v) is 4.89. The van der Waals surface area contributed by atoms with E-state index in [-0.39, 0.29) is 0 Å². The largest absolute Gasteiger partial charge is 0.673 e. The maximum atomic E-state index is 9.75. The third-order valence-corrected chi connectivity index (χ3v) is 6.45. The molecule has 7 heteroatoms. The first kappa shape index (κ1) is 28.2. The van der Waals surface area contributed by atoms with E-state index >= 15 is 0 Å². The van der Waals surface area contributed by atoms with Crippen molar-refractivity contribution in [2.75, 3.05) is 24.7 Å². The summed E-state index contributed by atoms with van der Waals surface area (Å²) in [7, 11) is -6.00. The van der Waals surface area contributed by atoms with Crippen molar-refractivity contribution in [2.45, 2.75) is 79.1 Å². The molecule has 2 aromatic rings. The molecule has 0 saturated carbocycles. The zero-order chi connectivity index (χ0) is 25.8. The zero-order valence-corrected chi connectivity index (χ0v) is 21.9. The van der Waals surface area contributed by atoms with Crippen LogP contribution in [-0.2, 0) is 0 Å². The van der Waals surface area contributed by atoms with E-state index in [2.05, 4.69) is 96.7 Å². The molecule has 0 bridgehead atoms.